The van der Waals surface area contributed by atoms with Gasteiger partial charge in [-0.1, -0.05) is 23.7 Å². The van der Waals surface area contributed by atoms with Crippen molar-refractivity contribution >= 4 is 17.4 Å². The molecule has 0 radical (unpaired) electrons. The van der Waals surface area contributed by atoms with Gasteiger partial charge >= 0.3 is 0 Å². The van der Waals surface area contributed by atoms with Crippen LogP contribution in [0.3, 0.4) is 0 Å². The molecule has 1 aromatic carbocycles. The van der Waals surface area contributed by atoms with E-state index in [-0.39, 0.29) is 0 Å². The van der Waals surface area contributed by atoms with E-state index in [1.165, 1.54) is 0 Å². The number of nitrogens with zero attached hydrogens (tertiary/aromatic N) is 2. The second kappa shape index (κ2) is 5.01. The highest BCUT2D eigenvalue weighted by Gasteiger charge is 2.01. The topological polar surface area (TPSA) is 61.0 Å². The zero-order valence-electron chi connectivity index (χ0n) is 9.35. The number of aromatic nitrogens is 2. The van der Waals surface area contributed by atoms with E-state index in [0.29, 0.717) is 29.2 Å². The second-order valence-corrected chi connectivity index (χ2v) is 4.03. The van der Waals surface area contributed by atoms with Gasteiger partial charge < -0.3 is 10.5 Å². The summed E-state index contributed by atoms with van der Waals surface area (Å²) in [7, 11) is 0. The van der Waals surface area contributed by atoms with E-state index in [4.69, 9.17) is 22.1 Å². The second-order valence-electron chi connectivity index (χ2n) is 3.60. The van der Waals surface area contributed by atoms with Crippen LogP contribution in [0.25, 0.3) is 0 Å². The van der Waals surface area contributed by atoms with Gasteiger partial charge in [-0.3, -0.25) is 0 Å². The molecule has 0 unspecified atom stereocenters. The summed E-state index contributed by atoms with van der Waals surface area (Å²) in [6, 6.07) is 9.07. The molecule has 0 atom stereocenters. The lowest BCUT2D eigenvalue weighted by Crippen LogP contribution is -2.01. The SMILES string of the molecule is Cc1nc(N)cc(OCc2cccc(Cl)c2)n1. The fraction of sp³-hybridized carbons (Fsp3) is 0.167. The lowest BCUT2D eigenvalue weighted by atomic mass is 10.2. The van der Waals surface area contributed by atoms with Crippen LogP contribution in [-0.2, 0) is 6.61 Å². The number of hydrogen-bond donors (Lipinski definition) is 1. The Morgan fingerprint density at radius 3 is 2.82 bits per heavy atom. The highest BCUT2D eigenvalue weighted by molar-refractivity contribution is 6.30. The molecule has 0 amide bonds. The molecule has 2 rings (SSSR count). The standard InChI is InChI=1S/C12H12ClN3O/c1-8-15-11(14)6-12(16-8)17-7-9-3-2-4-10(13)5-9/h2-6H,7H2,1H3,(H2,14,15,16). The summed E-state index contributed by atoms with van der Waals surface area (Å²) in [5.74, 6) is 1.46. The third kappa shape index (κ3) is 3.32. The molecule has 1 aromatic heterocycles. The van der Waals surface area contributed by atoms with E-state index in [2.05, 4.69) is 9.97 Å². The van der Waals surface area contributed by atoms with Crippen LogP contribution >= 0.6 is 11.6 Å². The molecule has 0 bridgehead atoms. The Hall–Kier alpha value is -1.81. The number of benzene rings is 1. The summed E-state index contributed by atoms with van der Waals surface area (Å²) < 4.78 is 5.52. The fourth-order valence-electron chi connectivity index (χ4n) is 1.42. The van der Waals surface area contributed by atoms with Gasteiger partial charge in [0.1, 0.15) is 18.2 Å². The lowest BCUT2D eigenvalue weighted by molar-refractivity contribution is 0.293. The van der Waals surface area contributed by atoms with E-state index in [9.17, 15) is 0 Å². The van der Waals surface area contributed by atoms with Crippen molar-refractivity contribution in [3.63, 3.8) is 0 Å². The number of rotatable bonds is 3. The minimum absolute atomic E-state index is 0.399. The fourth-order valence-corrected chi connectivity index (χ4v) is 1.63. The Morgan fingerprint density at radius 2 is 2.12 bits per heavy atom. The van der Waals surface area contributed by atoms with Crippen LogP contribution < -0.4 is 10.5 Å². The molecule has 88 valence electrons. The summed E-state index contributed by atoms with van der Waals surface area (Å²) in [5.41, 5.74) is 6.58. The maximum absolute atomic E-state index is 5.88. The van der Waals surface area contributed by atoms with E-state index >= 15 is 0 Å². The van der Waals surface area contributed by atoms with Crippen molar-refractivity contribution in [3.8, 4) is 5.88 Å². The van der Waals surface area contributed by atoms with E-state index < -0.39 is 0 Å². The van der Waals surface area contributed by atoms with E-state index in [0.717, 1.165) is 5.56 Å². The Morgan fingerprint density at radius 1 is 1.29 bits per heavy atom. The third-order valence-corrected chi connectivity index (χ3v) is 2.35. The normalized spacial score (nSPS) is 10.2. The molecular formula is C12H12ClN3O. The highest BCUT2D eigenvalue weighted by Crippen LogP contribution is 2.15. The average Bonchev–Trinajstić information content (AvgIpc) is 2.25. The number of halogens is 1. The first-order valence-electron chi connectivity index (χ1n) is 5.12. The first-order chi connectivity index (χ1) is 8.13. The monoisotopic (exact) mass is 249 g/mol. The molecule has 0 saturated heterocycles. The average molecular weight is 250 g/mol. The molecule has 0 aliphatic heterocycles. The van der Waals surface area contributed by atoms with Crippen LogP contribution in [0.15, 0.2) is 30.3 Å². The predicted molar refractivity (Wildman–Crippen MR) is 67.0 cm³/mol. The molecule has 2 aromatic rings. The molecule has 17 heavy (non-hydrogen) atoms. The maximum atomic E-state index is 5.88. The third-order valence-electron chi connectivity index (χ3n) is 2.11. The number of nitrogens with two attached hydrogens (primary N) is 1. The quantitative estimate of drug-likeness (QED) is 0.908. The molecular weight excluding hydrogens is 238 g/mol. The summed E-state index contributed by atoms with van der Waals surface area (Å²) >= 11 is 5.88. The van der Waals surface area contributed by atoms with Crippen LogP contribution in [0.4, 0.5) is 5.82 Å². The van der Waals surface area contributed by atoms with Crippen molar-refractivity contribution < 1.29 is 4.74 Å². The molecule has 4 nitrogen and oxygen atoms in total. The smallest absolute Gasteiger partial charge is 0.219 e. The maximum Gasteiger partial charge on any atom is 0.219 e. The van der Waals surface area contributed by atoms with Crippen LogP contribution in [0.2, 0.25) is 5.02 Å². The summed E-state index contributed by atoms with van der Waals surface area (Å²) in [6.45, 7) is 2.17. The summed E-state index contributed by atoms with van der Waals surface area (Å²) in [6.07, 6.45) is 0. The van der Waals surface area contributed by atoms with E-state index in [1.54, 1.807) is 13.0 Å². The number of ether oxygens (including phenoxy) is 1. The zero-order chi connectivity index (χ0) is 12.3. The number of anilines is 1. The molecule has 5 heteroatoms. The molecule has 0 spiro atoms. The van der Waals surface area contributed by atoms with Crippen molar-refractivity contribution in [1.82, 2.24) is 9.97 Å². The molecule has 0 fully saturated rings. The Kier molecular flexibility index (Phi) is 3.44. The van der Waals surface area contributed by atoms with Crippen molar-refractivity contribution in [2.24, 2.45) is 0 Å². The van der Waals surface area contributed by atoms with Crippen molar-refractivity contribution in [2.75, 3.05) is 5.73 Å². The number of nitrogen functional groups attached to an aromatic ring is 1. The molecule has 0 aliphatic rings. The zero-order valence-corrected chi connectivity index (χ0v) is 10.1. The van der Waals surface area contributed by atoms with Crippen molar-refractivity contribution in [3.05, 3.63) is 46.7 Å². The minimum Gasteiger partial charge on any atom is -0.473 e. The minimum atomic E-state index is 0.399. The number of aryl methyl sites for hydroxylation is 1. The molecule has 0 saturated carbocycles. The largest absolute Gasteiger partial charge is 0.473 e. The van der Waals surface area contributed by atoms with Gasteiger partial charge in [0.05, 0.1) is 0 Å². The van der Waals surface area contributed by atoms with Crippen LogP contribution in [-0.4, -0.2) is 9.97 Å². The first kappa shape index (κ1) is 11.7. The molecule has 0 aliphatic carbocycles. The van der Waals surface area contributed by atoms with Gasteiger partial charge in [0, 0.05) is 11.1 Å². The van der Waals surface area contributed by atoms with Gasteiger partial charge in [0.15, 0.2) is 0 Å². The Balaban J connectivity index is 2.07. The van der Waals surface area contributed by atoms with Gasteiger partial charge in [-0.05, 0) is 24.6 Å². The van der Waals surface area contributed by atoms with Gasteiger partial charge in [0.2, 0.25) is 5.88 Å². The van der Waals surface area contributed by atoms with Crippen LogP contribution in [0.5, 0.6) is 5.88 Å². The Bertz CT molecular complexity index is 511. The number of hydrogen-bond acceptors (Lipinski definition) is 4. The van der Waals surface area contributed by atoms with Crippen molar-refractivity contribution in [1.29, 1.82) is 0 Å². The van der Waals surface area contributed by atoms with Crippen LogP contribution in [0.1, 0.15) is 11.4 Å². The van der Waals surface area contributed by atoms with Gasteiger partial charge in [-0.15, -0.1) is 0 Å². The van der Waals surface area contributed by atoms with Crippen LogP contribution in [0, 0.1) is 6.92 Å². The molecule has 1 heterocycles. The highest BCUT2D eigenvalue weighted by atomic mass is 35.5. The Labute approximate surface area is 104 Å². The predicted octanol–water partition coefficient (Wildman–Crippen LogP) is 2.60. The summed E-state index contributed by atoms with van der Waals surface area (Å²) in [4.78, 5) is 8.09. The van der Waals surface area contributed by atoms with E-state index in [1.807, 2.05) is 24.3 Å². The summed E-state index contributed by atoms with van der Waals surface area (Å²) in [5, 5.41) is 0.685. The van der Waals surface area contributed by atoms with Gasteiger partial charge in [0.25, 0.3) is 0 Å². The van der Waals surface area contributed by atoms with Gasteiger partial charge in [-0.2, -0.15) is 4.98 Å². The van der Waals surface area contributed by atoms with Gasteiger partial charge in [-0.25, -0.2) is 4.98 Å². The van der Waals surface area contributed by atoms with Crippen molar-refractivity contribution in [2.45, 2.75) is 13.5 Å². The lowest BCUT2D eigenvalue weighted by Gasteiger charge is -2.06. The molecule has 2 N–H and O–H groups in total. The first-order valence-corrected chi connectivity index (χ1v) is 5.50.